The van der Waals surface area contributed by atoms with Crippen LogP contribution in [0.1, 0.15) is 17.2 Å². The number of fused-ring (bicyclic) bond motifs is 1. The monoisotopic (exact) mass is 363 g/mol. The molecule has 27 heavy (non-hydrogen) atoms. The Hall–Kier alpha value is -3.68. The number of nitrogens with one attached hydrogen (secondary N) is 2. The van der Waals surface area contributed by atoms with Crippen molar-refractivity contribution >= 4 is 22.5 Å². The van der Waals surface area contributed by atoms with Crippen molar-refractivity contribution in [2.45, 2.75) is 19.9 Å². The summed E-state index contributed by atoms with van der Waals surface area (Å²) in [6.45, 7) is 2.28. The number of anilines is 1. The molecule has 1 amide bonds. The Bertz CT molecular complexity index is 1170. The molecule has 0 atom stereocenters. The van der Waals surface area contributed by atoms with Gasteiger partial charge in [0.25, 0.3) is 5.56 Å². The standard InChI is InChI=1S/C19H17N5O3/c1-12-6-7-13(27-12)11-24-17(8-9-20-24)21-18(25)10-16-14-4-2-3-5-15(14)19(26)23-22-16/h2-9H,10-11H2,1H3,(H,21,25)(H,23,26). The summed E-state index contributed by atoms with van der Waals surface area (Å²) < 4.78 is 7.20. The van der Waals surface area contributed by atoms with Crippen LogP contribution >= 0.6 is 0 Å². The van der Waals surface area contributed by atoms with Crippen LogP contribution in [0.25, 0.3) is 10.8 Å². The summed E-state index contributed by atoms with van der Waals surface area (Å²) in [6.07, 6.45) is 1.64. The fourth-order valence-corrected chi connectivity index (χ4v) is 2.93. The van der Waals surface area contributed by atoms with E-state index in [0.717, 1.165) is 11.5 Å². The smallest absolute Gasteiger partial charge is 0.272 e. The van der Waals surface area contributed by atoms with Gasteiger partial charge in [0.1, 0.15) is 23.9 Å². The number of H-pyrrole nitrogens is 1. The van der Waals surface area contributed by atoms with Gasteiger partial charge in [0.05, 0.1) is 23.7 Å². The number of aromatic nitrogens is 4. The van der Waals surface area contributed by atoms with Crippen LogP contribution in [0.3, 0.4) is 0 Å². The Morgan fingerprint density at radius 1 is 1.19 bits per heavy atom. The van der Waals surface area contributed by atoms with Crippen molar-refractivity contribution in [2.24, 2.45) is 0 Å². The summed E-state index contributed by atoms with van der Waals surface area (Å²) in [5.41, 5.74) is 0.233. The minimum atomic E-state index is -0.276. The van der Waals surface area contributed by atoms with E-state index in [4.69, 9.17) is 4.42 Å². The molecule has 8 heteroatoms. The highest BCUT2D eigenvalue weighted by Gasteiger charge is 2.13. The quantitative estimate of drug-likeness (QED) is 0.566. The van der Waals surface area contributed by atoms with Crippen molar-refractivity contribution in [2.75, 3.05) is 5.32 Å². The van der Waals surface area contributed by atoms with Crippen LogP contribution in [0.15, 0.2) is 57.9 Å². The third kappa shape index (κ3) is 3.50. The predicted octanol–water partition coefficient (Wildman–Crippen LogP) is 2.25. The molecule has 0 radical (unpaired) electrons. The molecule has 0 saturated heterocycles. The lowest BCUT2D eigenvalue weighted by Gasteiger charge is -2.08. The second kappa shape index (κ2) is 6.91. The normalized spacial score (nSPS) is 11.0. The minimum Gasteiger partial charge on any atom is -0.464 e. The molecule has 0 spiro atoms. The van der Waals surface area contributed by atoms with E-state index in [1.54, 1.807) is 35.1 Å². The molecule has 1 aromatic carbocycles. The highest BCUT2D eigenvalue weighted by molar-refractivity contribution is 5.94. The fourth-order valence-electron chi connectivity index (χ4n) is 2.93. The topological polar surface area (TPSA) is 106 Å². The van der Waals surface area contributed by atoms with E-state index in [1.165, 1.54) is 0 Å². The van der Waals surface area contributed by atoms with Gasteiger partial charge in [0.15, 0.2) is 0 Å². The van der Waals surface area contributed by atoms with Crippen LogP contribution in [-0.4, -0.2) is 25.9 Å². The molecule has 0 saturated carbocycles. The van der Waals surface area contributed by atoms with Gasteiger partial charge in [-0.05, 0) is 25.1 Å². The molecule has 4 aromatic rings. The average molecular weight is 363 g/mol. The van der Waals surface area contributed by atoms with Crippen LogP contribution in [-0.2, 0) is 17.8 Å². The zero-order chi connectivity index (χ0) is 18.8. The Kier molecular flexibility index (Phi) is 4.29. The van der Waals surface area contributed by atoms with Gasteiger partial charge in [0, 0.05) is 11.5 Å². The summed E-state index contributed by atoms with van der Waals surface area (Å²) in [5, 5.41) is 14.7. The maximum Gasteiger partial charge on any atom is 0.272 e. The van der Waals surface area contributed by atoms with Gasteiger partial charge in [-0.2, -0.15) is 10.2 Å². The van der Waals surface area contributed by atoms with Gasteiger partial charge in [-0.25, -0.2) is 9.78 Å². The number of nitrogens with zero attached hydrogens (tertiary/aromatic N) is 3. The molecule has 8 nitrogen and oxygen atoms in total. The van der Waals surface area contributed by atoms with Gasteiger partial charge >= 0.3 is 0 Å². The molecular weight excluding hydrogens is 346 g/mol. The number of benzene rings is 1. The Balaban J connectivity index is 1.52. The largest absolute Gasteiger partial charge is 0.464 e. The predicted molar refractivity (Wildman–Crippen MR) is 99.5 cm³/mol. The van der Waals surface area contributed by atoms with Gasteiger partial charge in [-0.1, -0.05) is 18.2 Å². The van der Waals surface area contributed by atoms with Gasteiger partial charge < -0.3 is 9.73 Å². The molecule has 3 heterocycles. The van der Waals surface area contributed by atoms with Crippen LogP contribution in [0.4, 0.5) is 5.82 Å². The van der Waals surface area contributed by atoms with Gasteiger partial charge in [0.2, 0.25) is 5.91 Å². The number of carbonyl (C=O) groups excluding carboxylic acids is 1. The molecule has 136 valence electrons. The maximum absolute atomic E-state index is 12.5. The third-order valence-electron chi connectivity index (χ3n) is 4.19. The van der Waals surface area contributed by atoms with Crippen LogP contribution in [0.2, 0.25) is 0 Å². The van der Waals surface area contributed by atoms with E-state index in [0.29, 0.717) is 28.8 Å². The number of rotatable bonds is 5. The van der Waals surface area contributed by atoms with Crippen molar-refractivity contribution in [3.05, 3.63) is 76.2 Å². The summed E-state index contributed by atoms with van der Waals surface area (Å²) in [6, 6.07) is 12.5. The van der Waals surface area contributed by atoms with E-state index in [2.05, 4.69) is 20.6 Å². The summed E-state index contributed by atoms with van der Waals surface area (Å²) in [4.78, 5) is 24.4. The number of hydrogen-bond acceptors (Lipinski definition) is 5. The second-order valence-electron chi connectivity index (χ2n) is 6.16. The molecule has 0 aliphatic rings. The Labute approximate surface area is 153 Å². The zero-order valence-corrected chi connectivity index (χ0v) is 14.6. The van der Waals surface area contributed by atoms with Crippen molar-refractivity contribution in [3.63, 3.8) is 0 Å². The zero-order valence-electron chi connectivity index (χ0n) is 14.6. The van der Waals surface area contributed by atoms with Crippen LogP contribution in [0.5, 0.6) is 0 Å². The van der Waals surface area contributed by atoms with E-state index >= 15 is 0 Å². The highest BCUT2D eigenvalue weighted by atomic mass is 16.3. The van der Waals surface area contributed by atoms with E-state index in [9.17, 15) is 9.59 Å². The average Bonchev–Trinajstić information content (AvgIpc) is 3.27. The third-order valence-corrected chi connectivity index (χ3v) is 4.19. The van der Waals surface area contributed by atoms with Crippen molar-refractivity contribution in [3.8, 4) is 0 Å². The number of amides is 1. The Morgan fingerprint density at radius 2 is 2.00 bits per heavy atom. The number of carbonyl (C=O) groups is 1. The summed E-state index contributed by atoms with van der Waals surface area (Å²) in [7, 11) is 0. The molecule has 2 N–H and O–H groups in total. The fraction of sp³-hybridized carbons (Fsp3) is 0.158. The molecule has 0 aliphatic heterocycles. The van der Waals surface area contributed by atoms with E-state index in [1.807, 2.05) is 25.1 Å². The first-order valence-electron chi connectivity index (χ1n) is 8.43. The number of furan rings is 1. The molecule has 3 aromatic heterocycles. The highest BCUT2D eigenvalue weighted by Crippen LogP contribution is 2.15. The summed E-state index contributed by atoms with van der Waals surface area (Å²) >= 11 is 0. The lowest BCUT2D eigenvalue weighted by Crippen LogP contribution is -2.20. The summed E-state index contributed by atoms with van der Waals surface area (Å²) in [5.74, 6) is 1.87. The molecule has 4 rings (SSSR count). The number of aromatic amines is 1. The molecule has 0 fully saturated rings. The van der Waals surface area contributed by atoms with Crippen molar-refractivity contribution in [1.82, 2.24) is 20.0 Å². The Morgan fingerprint density at radius 3 is 2.78 bits per heavy atom. The first-order chi connectivity index (χ1) is 13.1. The molecule has 0 unspecified atom stereocenters. The second-order valence-corrected chi connectivity index (χ2v) is 6.16. The number of aryl methyl sites for hydroxylation is 1. The SMILES string of the molecule is Cc1ccc(Cn2nccc2NC(=O)Cc2n[nH]c(=O)c3ccccc23)o1. The van der Waals surface area contributed by atoms with E-state index < -0.39 is 0 Å². The molecule has 0 bridgehead atoms. The van der Waals surface area contributed by atoms with E-state index in [-0.39, 0.29) is 17.9 Å². The maximum atomic E-state index is 12.5. The lowest BCUT2D eigenvalue weighted by molar-refractivity contribution is -0.115. The van der Waals surface area contributed by atoms with Crippen molar-refractivity contribution in [1.29, 1.82) is 0 Å². The molecular formula is C19H17N5O3. The van der Waals surface area contributed by atoms with Crippen molar-refractivity contribution < 1.29 is 9.21 Å². The first-order valence-corrected chi connectivity index (χ1v) is 8.43. The van der Waals surface area contributed by atoms with Gasteiger partial charge in [-0.3, -0.25) is 9.59 Å². The van der Waals surface area contributed by atoms with Crippen LogP contribution in [0, 0.1) is 6.92 Å². The lowest BCUT2D eigenvalue weighted by atomic mass is 10.1. The molecule has 0 aliphatic carbocycles. The minimum absolute atomic E-state index is 0.0301. The van der Waals surface area contributed by atoms with Crippen LogP contribution < -0.4 is 10.9 Å². The number of hydrogen-bond donors (Lipinski definition) is 2. The first kappa shape index (κ1) is 16.8. The van der Waals surface area contributed by atoms with Gasteiger partial charge in [-0.15, -0.1) is 0 Å².